The summed E-state index contributed by atoms with van der Waals surface area (Å²) in [6.45, 7) is 7.61. The van der Waals surface area contributed by atoms with Gasteiger partial charge in [-0.2, -0.15) is 4.37 Å². The standard InChI is InChI=1S/C12H20BrN3S/c1-12(2,3)10-14-11(17-15-10)16-7-5-4-6-9(16)8-13/h9H,4-8H2,1-3H3. The molecule has 5 heteroatoms. The van der Waals surface area contributed by atoms with Crippen molar-refractivity contribution in [2.24, 2.45) is 0 Å². The quantitative estimate of drug-likeness (QED) is 0.780. The molecule has 0 aromatic carbocycles. The summed E-state index contributed by atoms with van der Waals surface area (Å²) in [5, 5.41) is 2.12. The van der Waals surface area contributed by atoms with Gasteiger partial charge in [0.2, 0.25) is 5.13 Å². The fourth-order valence-corrected chi connectivity index (χ4v) is 3.68. The number of nitrogens with zero attached hydrogens (tertiary/aromatic N) is 3. The second-order valence-electron chi connectivity index (χ2n) is 5.65. The minimum atomic E-state index is 0.0500. The highest BCUT2D eigenvalue weighted by Crippen LogP contribution is 2.30. The van der Waals surface area contributed by atoms with Crippen molar-refractivity contribution in [3.05, 3.63) is 5.82 Å². The first-order valence-electron chi connectivity index (χ1n) is 6.19. The Labute approximate surface area is 116 Å². The molecular formula is C12H20BrN3S. The first-order valence-corrected chi connectivity index (χ1v) is 8.08. The van der Waals surface area contributed by atoms with Gasteiger partial charge in [-0.15, -0.1) is 0 Å². The third-order valence-corrected chi connectivity index (χ3v) is 4.64. The molecule has 1 aromatic rings. The SMILES string of the molecule is CC(C)(C)c1nsc(N2CCCCC2CBr)n1. The van der Waals surface area contributed by atoms with Crippen LogP contribution in [0.5, 0.6) is 0 Å². The van der Waals surface area contributed by atoms with Crippen molar-refractivity contribution < 1.29 is 0 Å². The Balaban J connectivity index is 2.18. The highest BCUT2D eigenvalue weighted by Gasteiger charge is 2.26. The number of rotatable bonds is 2. The summed E-state index contributed by atoms with van der Waals surface area (Å²) < 4.78 is 4.50. The molecule has 1 aliphatic heterocycles. The predicted octanol–water partition coefficient (Wildman–Crippen LogP) is 3.59. The van der Waals surface area contributed by atoms with Gasteiger partial charge in [0.15, 0.2) is 0 Å². The maximum absolute atomic E-state index is 4.72. The third kappa shape index (κ3) is 2.99. The van der Waals surface area contributed by atoms with E-state index >= 15 is 0 Å². The van der Waals surface area contributed by atoms with Gasteiger partial charge in [0.25, 0.3) is 0 Å². The lowest BCUT2D eigenvalue weighted by Gasteiger charge is -2.34. The number of piperidine rings is 1. The topological polar surface area (TPSA) is 29.0 Å². The van der Waals surface area contributed by atoms with Crippen LogP contribution in [-0.2, 0) is 5.41 Å². The molecule has 0 aliphatic carbocycles. The number of aromatic nitrogens is 2. The Morgan fingerprint density at radius 2 is 2.18 bits per heavy atom. The van der Waals surface area contributed by atoms with Crippen molar-refractivity contribution in [3.63, 3.8) is 0 Å². The molecule has 0 bridgehead atoms. The van der Waals surface area contributed by atoms with Gasteiger partial charge in [-0.05, 0) is 19.3 Å². The van der Waals surface area contributed by atoms with Crippen LogP contribution in [-0.4, -0.2) is 27.3 Å². The molecular weight excluding hydrogens is 298 g/mol. The summed E-state index contributed by atoms with van der Waals surface area (Å²) in [6.07, 6.45) is 3.86. The molecule has 1 saturated heterocycles. The summed E-state index contributed by atoms with van der Waals surface area (Å²) in [6, 6.07) is 0.588. The second kappa shape index (κ2) is 5.22. The monoisotopic (exact) mass is 317 g/mol. The Kier molecular flexibility index (Phi) is 4.08. The van der Waals surface area contributed by atoms with E-state index in [2.05, 4.69) is 46.0 Å². The zero-order chi connectivity index (χ0) is 12.5. The summed E-state index contributed by atoms with van der Waals surface area (Å²) >= 11 is 5.16. The maximum Gasteiger partial charge on any atom is 0.205 e. The minimum absolute atomic E-state index is 0.0500. The Morgan fingerprint density at radius 3 is 2.76 bits per heavy atom. The smallest absolute Gasteiger partial charge is 0.205 e. The molecule has 1 fully saturated rings. The molecule has 1 aromatic heterocycles. The van der Waals surface area contributed by atoms with Crippen molar-refractivity contribution in [2.75, 3.05) is 16.8 Å². The molecule has 0 amide bonds. The molecule has 0 N–H and O–H groups in total. The van der Waals surface area contributed by atoms with E-state index in [-0.39, 0.29) is 5.41 Å². The Morgan fingerprint density at radius 1 is 1.41 bits per heavy atom. The molecule has 0 saturated carbocycles. The first kappa shape index (κ1) is 13.3. The third-order valence-electron chi connectivity index (χ3n) is 3.14. The van der Waals surface area contributed by atoms with Gasteiger partial charge in [-0.25, -0.2) is 4.98 Å². The molecule has 2 rings (SSSR count). The average Bonchev–Trinajstić information content (AvgIpc) is 2.77. The van der Waals surface area contributed by atoms with E-state index < -0.39 is 0 Å². The summed E-state index contributed by atoms with van der Waals surface area (Å²) in [5.74, 6) is 0.969. The fourth-order valence-electron chi connectivity index (χ4n) is 2.05. The highest BCUT2D eigenvalue weighted by molar-refractivity contribution is 9.09. The lowest BCUT2D eigenvalue weighted by molar-refractivity contribution is 0.488. The van der Waals surface area contributed by atoms with Crippen LogP contribution in [0.1, 0.15) is 45.9 Å². The molecule has 1 unspecified atom stereocenters. The molecule has 17 heavy (non-hydrogen) atoms. The number of halogens is 1. The number of hydrogen-bond acceptors (Lipinski definition) is 4. The summed E-state index contributed by atoms with van der Waals surface area (Å²) in [5.41, 5.74) is 0.0500. The average molecular weight is 318 g/mol. The van der Waals surface area contributed by atoms with Gasteiger partial charge in [-0.3, -0.25) is 0 Å². The molecule has 96 valence electrons. The molecule has 2 heterocycles. The first-order chi connectivity index (χ1) is 8.02. The van der Waals surface area contributed by atoms with Gasteiger partial charge in [0, 0.05) is 34.9 Å². The van der Waals surface area contributed by atoms with Crippen LogP contribution in [0.3, 0.4) is 0 Å². The van der Waals surface area contributed by atoms with Crippen LogP contribution >= 0.6 is 27.5 Å². The molecule has 0 radical (unpaired) electrons. The van der Waals surface area contributed by atoms with Crippen LogP contribution in [0.25, 0.3) is 0 Å². The minimum Gasteiger partial charge on any atom is -0.343 e. The van der Waals surface area contributed by atoms with Gasteiger partial charge in [-0.1, -0.05) is 36.7 Å². The molecule has 1 aliphatic rings. The normalized spacial score (nSPS) is 21.9. The maximum atomic E-state index is 4.72. The molecule has 0 spiro atoms. The fraction of sp³-hybridized carbons (Fsp3) is 0.833. The second-order valence-corrected chi connectivity index (χ2v) is 7.03. The van der Waals surface area contributed by atoms with Gasteiger partial charge >= 0.3 is 0 Å². The van der Waals surface area contributed by atoms with E-state index in [1.54, 1.807) is 11.5 Å². The van der Waals surface area contributed by atoms with Crippen molar-refractivity contribution >= 4 is 32.6 Å². The summed E-state index contributed by atoms with van der Waals surface area (Å²) in [4.78, 5) is 7.14. The Hall–Kier alpha value is -0.160. The van der Waals surface area contributed by atoms with Crippen molar-refractivity contribution in [1.82, 2.24) is 9.36 Å². The zero-order valence-electron chi connectivity index (χ0n) is 10.7. The zero-order valence-corrected chi connectivity index (χ0v) is 13.1. The van der Waals surface area contributed by atoms with E-state index in [1.165, 1.54) is 19.3 Å². The van der Waals surface area contributed by atoms with E-state index in [4.69, 9.17) is 4.98 Å². The van der Waals surface area contributed by atoms with Gasteiger partial charge in [0.05, 0.1) is 0 Å². The molecule has 1 atom stereocenters. The van der Waals surface area contributed by atoms with Crippen LogP contribution in [0, 0.1) is 0 Å². The van der Waals surface area contributed by atoms with Crippen LogP contribution in [0.2, 0.25) is 0 Å². The predicted molar refractivity (Wildman–Crippen MR) is 77.4 cm³/mol. The highest BCUT2D eigenvalue weighted by atomic mass is 79.9. The number of hydrogen-bond donors (Lipinski definition) is 0. The van der Waals surface area contributed by atoms with E-state index in [0.29, 0.717) is 6.04 Å². The lowest BCUT2D eigenvalue weighted by Crippen LogP contribution is -2.40. The van der Waals surface area contributed by atoms with Crippen molar-refractivity contribution in [3.8, 4) is 0 Å². The van der Waals surface area contributed by atoms with Crippen LogP contribution < -0.4 is 4.90 Å². The molecule has 3 nitrogen and oxygen atoms in total. The van der Waals surface area contributed by atoms with Crippen molar-refractivity contribution in [2.45, 2.75) is 51.5 Å². The Bertz CT molecular complexity index is 372. The lowest BCUT2D eigenvalue weighted by atomic mass is 9.96. The number of alkyl halides is 1. The van der Waals surface area contributed by atoms with E-state index in [1.807, 2.05) is 0 Å². The van der Waals surface area contributed by atoms with Gasteiger partial charge < -0.3 is 4.90 Å². The van der Waals surface area contributed by atoms with E-state index in [9.17, 15) is 0 Å². The van der Waals surface area contributed by atoms with Gasteiger partial charge in [0.1, 0.15) is 5.82 Å². The van der Waals surface area contributed by atoms with Crippen LogP contribution in [0.4, 0.5) is 5.13 Å². The largest absolute Gasteiger partial charge is 0.343 e. The number of anilines is 1. The van der Waals surface area contributed by atoms with Crippen molar-refractivity contribution in [1.29, 1.82) is 0 Å². The van der Waals surface area contributed by atoms with Crippen LogP contribution in [0.15, 0.2) is 0 Å². The van der Waals surface area contributed by atoms with E-state index in [0.717, 1.165) is 22.8 Å². The summed E-state index contributed by atoms with van der Waals surface area (Å²) in [7, 11) is 0.